The molecule has 1 aromatic carbocycles. The molecule has 90 valence electrons. The first-order valence-electron chi connectivity index (χ1n) is 6.15. The average Bonchev–Trinajstić information content (AvgIpc) is 2.26. The van der Waals surface area contributed by atoms with E-state index in [9.17, 15) is 10.2 Å². The van der Waals surface area contributed by atoms with Crippen molar-refractivity contribution in [1.29, 1.82) is 0 Å². The Morgan fingerprint density at radius 2 is 1.75 bits per heavy atom. The smallest absolute Gasteiger partial charge is 0.160 e. The monoisotopic (exact) mass is 222 g/mol. The van der Waals surface area contributed by atoms with Gasteiger partial charge in [0.15, 0.2) is 11.5 Å². The van der Waals surface area contributed by atoms with Crippen LogP contribution >= 0.6 is 0 Å². The average molecular weight is 222 g/mol. The Morgan fingerprint density at radius 1 is 1.06 bits per heavy atom. The lowest BCUT2D eigenvalue weighted by molar-refractivity contribution is 0.397. The van der Waals surface area contributed by atoms with Gasteiger partial charge in [-0.3, -0.25) is 0 Å². The molecule has 0 amide bonds. The van der Waals surface area contributed by atoms with Crippen molar-refractivity contribution in [3.05, 3.63) is 22.8 Å². The molecule has 0 radical (unpaired) electrons. The zero-order valence-corrected chi connectivity index (χ0v) is 10.5. The Balaban J connectivity index is 3.11. The van der Waals surface area contributed by atoms with Crippen LogP contribution in [0.25, 0.3) is 0 Å². The number of benzene rings is 1. The number of phenols is 2. The number of phenolic OH excluding ortho intramolecular Hbond substituents is 2. The molecule has 0 fully saturated rings. The largest absolute Gasteiger partial charge is 0.504 e. The SMILES string of the molecule is CCCCc1c(C)c(CCC)cc(O)c1O. The molecule has 2 N–H and O–H groups in total. The van der Waals surface area contributed by atoms with Gasteiger partial charge in [-0.1, -0.05) is 26.7 Å². The molecule has 0 aromatic heterocycles. The van der Waals surface area contributed by atoms with Gasteiger partial charge in [0.1, 0.15) is 0 Å². The lowest BCUT2D eigenvalue weighted by Gasteiger charge is -2.14. The molecule has 1 rings (SSSR count). The van der Waals surface area contributed by atoms with Crippen molar-refractivity contribution in [2.75, 3.05) is 0 Å². The van der Waals surface area contributed by atoms with Crippen LogP contribution in [-0.4, -0.2) is 10.2 Å². The van der Waals surface area contributed by atoms with Gasteiger partial charge in [0.05, 0.1) is 0 Å². The van der Waals surface area contributed by atoms with Gasteiger partial charge in [-0.2, -0.15) is 0 Å². The standard InChI is InChI=1S/C14H22O2/c1-4-6-8-12-10(3)11(7-5-2)9-13(15)14(12)16/h9,15-16H,4-8H2,1-3H3. The van der Waals surface area contributed by atoms with Crippen LogP contribution in [-0.2, 0) is 12.8 Å². The molecular formula is C14H22O2. The van der Waals surface area contributed by atoms with Gasteiger partial charge >= 0.3 is 0 Å². The molecular weight excluding hydrogens is 200 g/mol. The van der Waals surface area contributed by atoms with E-state index in [1.165, 1.54) is 0 Å². The predicted molar refractivity (Wildman–Crippen MR) is 67.1 cm³/mol. The second-order valence-corrected chi connectivity index (χ2v) is 4.36. The molecule has 0 spiro atoms. The highest BCUT2D eigenvalue weighted by molar-refractivity contribution is 5.52. The minimum atomic E-state index is 0.0279. The molecule has 0 saturated heterocycles. The minimum absolute atomic E-state index is 0.0279. The molecule has 0 aliphatic rings. The molecule has 0 aliphatic heterocycles. The van der Waals surface area contributed by atoms with Crippen molar-refractivity contribution in [3.8, 4) is 11.5 Å². The number of hydrogen-bond acceptors (Lipinski definition) is 2. The van der Waals surface area contributed by atoms with E-state index in [4.69, 9.17) is 0 Å². The molecule has 2 nitrogen and oxygen atoms in total. The molecule has 0 heterocycles. The summed E-state index contributed by atoms with van der Waals surface area (Å²) < 4.78 is 0. The van der Waals surface area contributed by atoms with Crippen LogP contribution in [0.5, 0.6) is 11.5 Å². The van der Waals surface area contributed by atoms with Crippen molar-refractivity contribution in [2.24, 2.45) is 0 Å². The predicted octanol–water partition coefficient (Wildman–Crippen LogP) is 3.70. The Morgan fingerprint density at radius 3 is 2.31 bits per heavy atom. The van der Waals surface area contributed by atoms with E-state index in [-0.39, 0.29) is 11.5 Å². The van der Waals surface area contributed by atoms with Crippen LogP contribution in [0.3, 0.4) is 0 Å². The fourth-order valence-corrected chi connectivity index (χ4v) is 2.06. The highest BCUT2D eigenvalue weighted by Crippen LogP contribution is 2.35. The highest BCUT2D eigenvalue weighted by atomic mass is 16.3. The van der Waals surface area contributed by atoms with E-state index in [1.54, 1.807) is 6.07 Å². The van der Waals surface area contributed by atoms with Gasteiger partial charge in [-0.15, -0.1) is 0 Å². The van der Waals surface area contributed by atoms with Crippen molar-refractivity contribution in [2.45, 2.75) is 52.9 Å². The van der Waals surface area contributed by atoms with Crippen molar-refractivity contribution < 1.29 is 10.2 Å². The van der Waals surface area contributed by atoms with Crippen LogP contribution in [0.1, 0.15) is 49.8 Å². The third-order valence-electron chi connectivity index (χ3n) is 3.07. The van der Waals surface area contributed by atoms with Gasteiger partial charge in [0.25, 0.3) is 0 Å². The summed E-state index contributed by atoms with van der Waals surface area (Å²) in [5.74, 6) is 0.103. The minimum Gasteiger partial charge on any atom is -0.504 e. The molecule has 0 saturated carbocycles. The normalized spacial score (nSPS) is 10.7. The van der Waals surface area contributed by atoms with Crippen LogP contribution < -0.4 is 0 Å². The summed E-state index contributed by atoms with van der Waals surface area (Å²) in [6, 6.07) is 1.70. The number of aryl methyl sites for hydroxylation is 1. The Bertz CT molecular complexity index is 356. The van der Waals surface area contributed by atoms with Crippen LogP contribution in [0.2, 0.25) is 0 Å². The molecule has 0 atom stereocenters. The highest BCUT2D eigenvalue weighted by Gasteiger charge is 2.13. The summed E-state index contributed by atoms with van der Waals surface area (Å²) in [6.45, 7) is 6.28. The molecule has 2 heteroatoms. The second kappa shape index (κ2) is 5.78. The maximum absolute atomic E-state index is 9.85. The van der Waals surface area contributed by atoms with Crippen LogP contribution in [0.4, 0.5) is 0 Å². The van der Waals surface area contributed by atoms with E-state index in [1.807, 2.05) is 6.92 Å². The topological polar surface area (TPSA) is 40.5 Å². The maximum atomic E-state index is 9.85. The Hall–Kier alpha value is -1.18. The Kier molecular flexibility index (Phi) is 4.66. The quantitative estimate of drug-likeness (QED) is 0.746. The van der Waals surface area contributed by atoms with E-state index in [0.29, 0.717) is 0 Å². The first-order valence-corrected chi connectivity index (χ1v) is 6.15. The summed E-state index contributed by atoms with van der Waals surface area (Å²) in [6.07, 6.45) is 5.00. The van der Waals surface area contributed by atoms with Crippen LogP contribution in [0.15, 0.2) is 6.07 Å². The molecule has 0 bridgehead atoms. The van der Waals surface area contributed by atoms with Gasteiger partial charge in [0, 0.05) is 5.56 Å². The summed E-state index contributed by atoms with van der Waals surface area (Å²) in [7, 11) is 0. The molecule has 0 unspecified atom stereocenters. The van der Waals surface area contributed by atoms with E-state index in [2.05, 4.69) is 13.8 Å². The van der Waals surface area contributed by atoms with Gasteiger partial charge < -0.3 is 10.2 Å². The zero-order chi connectivity index (χ0) is 12.1. The van der Waals surface area contributed by atoms with Gasteiger partial charge in [-0.25, -0.2) is 0 Å². The van der Waals surface area contributed by atoms with E-state index >= 15 is 0 Å². The summed E-state index contributed by atoms with van der Waals surface area (Å²) in [4.78, 5) is 0. The number of unbranched alkanes of at least 4 members (excludes halogenated alkanes) is 1. The first-order chi connectivity index (χ1) is 7.61. The lowest BCUT2D eigenvalue weighted by atomic mass is 9.94. The number of hydrogen-bond donors (Lipinski definition) is 2. The maximum Gasteiger partial charge on any atom is 0.160 e. The second-order valence-electron chi connectivity index (χ2n) is 4.36. The molecule has 1 aromatic rings. The van der Waals surface area contributed by atoms with Crippen LogP contribution in [0, 0.1) is 6.92 Å². The third-order valence-corrected chi connectivity index (χ3v) is 3.07. The molecule has 16 heavy (non-hydrogen) atoms. The van der Waals surface area contributed by atoms with Crippen molar-refractivity contribution in [1.82, 2.24) is 0 Å². The summed E-state index contributed by atoms with van der Waals surface area (Å²) in [5, 5.41) is 19.5. The number of aromatic hydroxyl groups is 2. The Labute approximate surface area is 97.9 Å². The molecule has 0 aliphatic carbocycles. The van der Waals surface area contributed by atoms with Crippen molar-refractivity contribution in [3.63, 3.8) is 0 Å². The summed E-state index contributed by atoms with van der Waals surface area (Å²) >= 11 is 0. The fraction of sp³-hybridized carbons (Fsp3) is 0.571. The van der Waals surface area contributed by atoms with Gasteiger partial charge in [0.2, 0.25) is 0 Å². The van der Waals surface area contributed by atoms with Crippen molar-refractivity contribution >= 4 is 0 Å². The zero-order valence-electron chi connectivity index (χ0n) is 10.5. The third kappa shape index (κ3) is 2.69. The van der Waals surface area contributed by atoms with Gasteiger partial charge in [-0.05, 0) is 43.4 Å². The lowest BCUT2D eigenvalue weighted by Crippen LogP contribution is -1.97. The number of rotatable bonds is 5. The summed E-state index contributed by atoms with van der Waals surface area (Å²) in [5.41, 5.74) is 3.22. The fourth-order valence-electron chi connectivity index (χ4n) is 2.06. The van der Waals surface area contributed by atoms with E-state index < -0.39 is 0 Å². The first kappa shape index (κ1) is 12.9. The van der Waals surface area contributed by atoms with E-state index in [0.717, 1.165) is 48.8 Å².